The molecule has 0 spiro atoms. The van der Waals surface area contributed by atoms with Crippen molar-refractivity contribution in [2.75, 3.05) is 0 Å². The zero-order valence-electron chi connectivity index (χ0n) is 8.55. The zero-order chi connectivity index (χ0) is 12.4. The molecule has 0 aliphatic carbocycles. The molecule has 0 amide bonds. The van der Waals surface area contributed by atoms with Crippen molar-refractivity contribution in [3.8, 4) is 17.2 Å². The van der Waals surface area contributed by atoms with Crippen LogP contribution in [0.4, 0.5) is 4.39 Å². The van der Waals surface area contributed by atoms with Gasteiger partial charge in [0.05, 0.1) is 15.6 Å². The van der Waals surface area contributed by atoms with Crippen molar-refractivity contribution in [1.29, 1.82) is 5.26 Å². The Bertz CT molecular complexity index is 617. The Morgan fingerprint density at radius 1 is 1.06 bits per heavy atom. The Morgan fingerprint density at radius 3 is 2.47 bits per heavy atom. The lowest BCUT2D eigenvalue weighted by Crippen LogP contribution is -1.89. The van der Waals surface area contributed by atoms with Gasteiger partial charge in [0, 0.05) is 5.56 Å². The Balaban J connectivity index is 2.65. The second kappa shape index (κ2) is 4.75. The summed E-state index contributed by atoms with van der Waals surface area (Å²) in [6, 6.07) is 11.2. The van der Waals surface area contributed by atoms with Crippen molar-refractivity contribution in [2.45, 2.75) is 0 Å². The van der Waals surface area contributed by atoms with Gasteiger partial charge >= 0.3 is 0 Å². The summed E-state index contributed by atoms with van der Waals surface area (Å²) in [6.07, 6.45) is 0. The van der Waals surface area contributed by atoms with Crippen LogP contribution in [0.1, 0.15) is 5.56 Å². The Hall–Kier alpha value is -1.56. The summed E-state index contributed by atoms with van der Waals surface area (Å²) in [7, 11) is 0. The molecule has 4 heteroatoms. The van der Waals surface area contributed by atoms with E-state index >= 15 is 0 Å². The highest BCUT2D eigenvalue weighted by Gasteiger charge is 2.10. The molecule has 0 N–H and O–H groups in total. The number of hydrogen-bond donors (Lipinski definition) is 0. The largest absolute Gasteiger partial charge is 0.206 e. The normalized spacial score (nSPS) is 10.0. The molecule has 0 heterocycles. The van der Waals surface area contributed by atoms with Gasteiger partial charge in [0.1, 0.15) is 11.9 Å². The average Bonchev–Trinajstić information content (AvgIpc) is 2.32. The summed E-state index contributed by atoms with van der Waals surface area (Å²) >= 11 is 11.7. The highest BCUT2D eigenvalue weighted by molar-refractivity contribution is 6.42. The number of nitriles is 1. The van der Waals surface area contributed by atoms with Crippen molar-refractivity contribution in [3.05, 3.63) is 57.8 Å². The second-order valence-electron chi connectivity index (χ2n) is 3.40. The zero-order valence-corrected chi connectivity index (χ0v) is 10.1. The minimum Gasteiger partial charge on any atom is -0.206 e. The Morgan fingerprint density at radius 2 is 1.82 bits per heavy atom. The minimum absolute atomic E-state index is 0.00545. The molecule has 0 saturated carbocycles. The number of hydrogen-bond acceptors (Lipinski definition) is 1. The molecule has 0 aliphatic heterocycles. The first-order valence-corrected chi connectivity index (χ1v) is 5.53. The molecule has 0 atom stereocenters. The van der Waals surface area contributed by atoms with Crippen molar-refractivity contribution in [1.82, 2.24) is 0 Å². The molecule has 2 rings (SSSR count). The van der Waals surface area contributed by atoms with Crippen LogP contribution in [0.3, 0.4) is 0 Å². The SMILES string of the molecule is N#Cc1c(F)cccc1-c1ccc(Cl)c(Cl)c1. The van der Waals surface area contributed by atoms with Crippen LogP contribution in [-0.4, -0.2) is 0 Å². The summed E-state index contributed by atoms with van der Waals surface area (Å²) in [4.78, 5) is 0. The Kier molecular flexibility index (Phi) is 3.33. The van der Waals surface area contributed by atoms with Crippen LogP contribution in [0.2, 0.25) is 10.0 Å². The van der Waals surface area contributed by atoms with Gasteiger partial charge in [0.15, 0.2) is 0 Å². The highest BCUT2D eigenvalue weighted by Crippen LogP contribution is 2.30. The van der Waals surface area contributed by atoms with Crippen molar-refractivity contribution in [3.63, 3.8) is 0 Å². The van der Waals surface area contributed by atoms with Crippen LogP contribution in [0.5, 0.6) is 0 Å². The summed E-state index contributed by atoms with van der Waals surface area (Å²) in [5, 5.41) is 9.73. The average molecular weight is 266 g/mol. The van der Waals surface area contributed by atoms with Gasteiger partial charge in [-0.3, -0.25) is 0 Å². The van der Waals surface area contributed by atoms with Gasteiger partial charge in [-0.15, -0.1) is 0 Å². The molecule has 0 fully saturated rings. The molecule has 0 radical (unpaired) electrons. The number of halogens is 3. The fourth-order valence-corrected chi connectivity index (χ4v) is 1.84. The predicted octanol–water partition coefficient (Wildman–Crippen LogP) is 4.67. The third-order valence-electron chi connectivity index (χ3n) is 2.36. The quantitative estimate of drug-likeness (QED) is 0.735. The molecule has 2 aromatic carbocycles. The maximum Gasteiger partial charge on any atom is 0.141 e. The van der Waals surface area contributed by atoms with Gasteiger partial charge < -0.3 is 0 Å². The molecule has 0 aliphatic rings. The maximum absolute atomic E-state index is 13.4. The lowest BCUT2D eigenvalue weighted by molar-refractivity contribution is 0.624. The summed E-state index contributed by atoms with van der Waals surface area (Å²) in [6.45, 7) is 0. The van der Waals surface area contributed by atoms with E-state index in [1.54, 1.807) is 30.3 Å². The molecule has 84 valence electrons. The van der Waals surface area contributed by atoms with E-state index in [0.717, 1.165) is 0 Å². The summed E-state index contributed by atoms with van der Waals surface area (Å²) in [5.74, 6) is -0.545. The molecule has 1 nitrogen and oxygen atoms in total. The van der Waals surface area contributed by atoms with E-state index < -0.39 is 5.82 Å². The van der Waals surface area contributed by atoms with E-state index in [1.807, 2.05) is 6.07 Å². The van der Waals surface area contributed by atoms with E-state index in [9.17, 15) is 4.39 Å². The van der Waals surface area contributed by atoms with Crippen molar-refractivity contribution in [2.24, 2.45) is 0 Å². The molecule has 0 unspecified atom stereocenters. The topological polar surface area (TPSA) is 23.8 Å². The third kappa shape index (κ3) is 2.26. The van der Waals surface area contributed by atoms with Gasteiger partial charge in [-0.2, -0.15) is 5.26 Å². The van der Waals surface area contributed by atoms with E-state index in [2.05, 4.69) is 0 Å². The van der Waals surface area contributed by atoms with Crippen LogP contribution in [0, 0.1) is 17.1 Å². The maximum atomic E-state index is 13.4. The van der Waals surface area contributed by atoms with Crippen molar-refractivity contribution < 1.29 is 4.39 Å². The first-order chi connectivity index (χ1) is 8.13. The fraction of sp³-hybridized carbons (Fsp3) is 0. The summed E-state index contributed by atoms with van der Waals surface area (Å²) < 4.78 is 13.4. The molecule has 0 aromatic heterocycles. The molecular weight excluding hydrogens is 260 g/mol. The minimum atomic E-state index is -0.545. The van der Waals surface area contributed by atoms with Gasteiger partial charge in [-0.25, -0.2) is 4.39 Å². The van der Waals surface area contributed by atoms with E-state index in [1.165, 1.54) is 6.07 Å². The molecule has 0 saturated heterocycles. The van der Waals surface area contributed by atoms with E-state index in [0.29, 0.717) is 21.2 Å². The van der Waals surface area contributed by atoms with Gasteiger partial charge in [-0.05, 0) is 23.8 Å². The van der Waals surface area contributed by atoms with Crippen molar-refractivity contribution >= 4 is 23.2 Å². The lowest BCUT2D eigenvalue weighted by atomic mass is 10.00. The molecule has 17 heavy (non-hydrogen) atoms. The second-order valence-corrected chi connectivity index (χ2v) is 4.22. The molecule has 0 bridgehead atoms. The number of benzene rings is 2. The van der Waals surface area contributed by atoms with Gasteiger partial charge in [0.2, 0.25) is 0 Å². The predicted molar refractivity (Wildman–Crippen MR) is 66.6 cm³/mol. The van der Waals surface area contributed by atoms with Crippen LogP contribution >= 0.6 is 23.2 Å². The number of rotatable bonds is 1. The standard InChI is InChI=1S/C13H6Cl2FN/c14-11-5-4-8(6-12(11)15)9-2-1-3-13(16)10(9)7-17/h1-6H. The molecule has 2 aromatic rings. The van der Waals surface area contributed by atoms with Crippen LogP contribution in [-0.2, 0) is 0 Å². The van der Waals surface area contributed by atoms with Gasteiger partial charge in [-0.1, -0.05) is 41.4 Å². The Labute approximate surface area is 108 Å². The van der Waals surface area contributed by atoms with Crippen LogP contribution in [0.25, 0.3) is 11.1 Å². The van der Waals surface area contributed by atoms with E-state index in [4.69, 9.17) is 28.5 Å². The monoisotopic (exact) mass is 265 g/mol. The summed E-state index contributed by atoms with van der Waals surface area (Å²) in [5.41, 5.74) is 1.17. The molecular formula is C13H6Cl2FN. The lowest BCUT2D eigenvalue weighted by Gasteiger charge is -2.06. The fourth-order valence-electron chi connectivity index (χ4n) is 1.54. The third-order valence-corrected chi connectivity index (χ3v) is 3.10. The smallest absolute Gasteiger partial charge is 0.141 e. The van der Waals surface area contributed by atoms with Crippen LogP contribution < -0.4 is 0 Å². The number of nitrogens with zero attached hydrogens (tertiary/aromatic N) is 1. The van der Waals surface area contributed by atoms with Crippen LogP contribution in [0.15, 0.2) is 36.4 Å². The highest BCUT2D eigenvalue weighted by atomic mass is 35.5. The first kappa shape index (κ1) is 11.9. The van der Waals surface area contributed by atoms with E-state index in [-0.39, 0.29) is 5.56 Å². The van der Waals surface area contributed by atoms with Gasteiger partial charge in [0.25, 0.3) is 0 Å². The first-order valence-electron chi connectivity index (χ1n) is 4.77.